The van der Waals surface area contributed by atoms with Gasteiger partial charge < -0.3 is 5.11 Å². The highest BCUT2D eigenvalue weighted by atomic mass is 16.4. The number of benzene rings is 1. The average Bonchev–Trinajstić information content (AvgIpc) is 2.62. The molecule has 1 aromatic carbocycles. The van der Waals surface area contributed by atoms with Crippen molar-refractivity contribution in [3.8, 4) is 0 Å². The molecule has 0 saturated carbocycles. The van der Waals surface area contributed by atoms with Gasteiger partial charge in [0, 0.05) is 6.08 Å². The zero-order valence-electron chi connectivity index (χ0n) is 15.7. The van der Waals surface area contributed by atoms with Gasteiger partial charge in [0.15, 0.2) is 0 Å². The SMILES string of the molecule is CCCCCCCC[C@H](/C=C/c1ccccc1)CCC/C=C/C(=O)O. The van der Waals surface area contributed by atoms with Crippen molar-refractivity contribution in [3.63, 3.8) is 0 Å². The van der Waals surface area contributed by atoms with Crippen molar-refractivity contribution in [2.75, 3.05) is 0 Å². The Morgan fingerprint density at radius 2 is 1.68 bits per heavy atom. The van der Waals surface area contributed by atoms with Crippen LogP contribution in [0.5, 0.6) is 0 Å². The van der Waals surface area contributed by atoms with Crippen LogP contribution < -0.4 is 0 Å². The van der Waals surface area contributed by atoms with Crippen molar-refractivity contribution in [1.82, 2.24) is 0 Å². The predicted molar refractivity (Wildman–Crippen MR) is 108 cm³/mol. The molecule has 0 saturated heterocycles. The van der Waals surface area contributed by atoms with Gasteiger partial charge in [-0.25, -0.2) is 4.79 Å². The summed E-state index contributed by atoms with van der Waals surface area (Å²) < 4.78 is 0. The molecular weight excluding hydrogens is 308 g/mol. The van der Waals surface area contributed by atoms with E-state index >= 15 is 0 Å². The van der Waals surface area contributed by atoms with Crippen molar-refractivity contribution < 1.29 is 9.90 Å². The summed E-state index contributed by atoms with van der Waals surface area (Å²) in [4.78, 5) is 10.5. The van der Waals surface area contributed by atoms with Gasteiger partial charge in [-0.3, -0.25) is 0 Å². The minimum Gasteiger partial charge on any atom is -0.478 e. The minimum atomic E-state index is -0.854. The number of unbranched alkanes of at least 4 members (excludes halogenated alkanes) is 6. The van der Waals surface area contributed by atoms with E-state index in [0.29, 0.717) is 5.92 Å². The van der Waals surface area contributed by atoms with Crippen LogP contribution in [-0.2, 0) is 4.79 Å². The van der Waals surface area contributed by atoms with Crippen molar-refractivity contribution in [3.05, 3.63) is 54.1 Å². The van der Waals surface area contributed by atoms with Crippen LogP contribution in [0.4, 0.5) is 0 Å². The topological polar surface area (TPSA) is 37.3 Å². The Kier molecular flexibility index (Phi) is 12.3. The first-order chi connectivity index (χ1) is 12.2. The van der Waals surface area contributed by atoms with E-state index in [-0.39, 0.29) is 0 Å². The summed E-state index contributed by atoms with van der Waals surface area (Å²) in [6.07, 6.45) is 19.8. The fourth-order valence-corrected chi connectivity index (χ4v) is 3.02. The van der Waals surface area contributed by atoms with Crippen LogP contribution in [0.15, 0.2) is 48.6 Å². The Morgan fingerprint density at radius 1 is 1.00 bits per heavy atom. The highest BCUT2D eigenvalue weighted by molar-refractivity contribution is 5.79. The molecule has 1 aromatic rings. The molecule has 1 rings (SSSR count). The van der Waals surface area contributed by atoms with E-state index in [4.69, 9.17) is 5.11 Å². The molecule has 1 N–H and O–H groups in total. The number of hydrogen-bond acceptors (Lipinski definition) is 1. The summed E-state index contributed by atoms with van der Waals surface area (Å²) in [5, 5.41) is 8.64. The number of aliphatic carboxylic acids is 1. The molecule has 0 fully saturated rings. The van der Waals surface area contributed by atoms with Crippen LogP contribution in [0.2, 0.25) is 0 Å². The Morgan fingerprint density at radius 3 is 2.40 bits per heavy atom. The summed E-state index contributed by atoms with van der Waals surface area (Å²) in [7, 11) is 0. The fourth-order valence-electron chi connectivity index (χ4n) is 3.02. The summed E-state index contributed by atoms with van der Waals surface area (Å²) >= 11 is 0. The number of rotatable bonds is 14. The molecule has 0 unspecified atom stereocenters. The summed E-state index contributed by atoms with van der Waals surface area (Å²) in [6.45, 7) is 2.25. The quantitative estimate of drug-likeness (QED) is 0.295. The average molecular weight is 343 g/mol. The van der Waals surface area contributed by atoms with Gasteiger partial charge in [0.1, 0.15) is 0 Å². The van der Waals surface area contributed by atoms with E-state index < -0.39 is 5.97 Å². The van der Waals surface area contributed by atoms with Crippen LogP contribution in [0.1, 0.15) is 76.7 Å². The number of hydrogen-bond donors (Lipinski definition) is 1. The molecule has 2 heteroatoms. The second-order valence-corrected chi connectivity index (χ2v) is 6.76. The molecule has 1 atom stereocenters. The lowest BCUT2D eigenvalue weighted by Gasteiger charge is -2.12. The van der Waals surface area contributed by atoms with Gasteiger partial charge in [0.2, 0.25) is 0 Å². The first-order valence-electron chi connectivity index (χ1n) is 9.85. The molecule has 0 aliphatic heterocycles. The molecule has 0 aliphatic carbocycles. The van der Waals surface area contributed by atoms with Gasteiger partial charge >= 0.3 is 5.97 Å². The van der Waals surface area contributed by atoms with Crippen molar-refractivity contribution in [2.24, 2.45) is 5.92 Å². The standard InChI is InChI=1S/C23H34O2/c1-2-3-4-5-6-9-14-21(17-12-8-13-18-23(24)25)19-20-22-15-10-7-11-16-22/h7,10-11,13,15-16,18-21H,2-6,8-9,12,14,17H2,1H3,(H,24,25)/b18-13+,20-19+/t21-/m0/s1. The summed E-state index contributed by atoms with van der Waals surface area (Å²) in [5.41, 5.74) is 1.25. The lowest BCUT2D eigenvalue weighted by molar-refractivity contribution is -0.131. The maximum atomic E-state index is 10.5. The third-order valence-corrected chi connectivity index (χ3v) is 4.50. The van der Waals surface area contributed by atoms with E-state index in [1.807, 2.05) is 6.07 Å². The zero-order chi connectivity index (χ0) is 18.2. The predicted octanol–water partition coefficient (Wildman–Crippen LogP) is 6.88. The number of allylic oxidation sites excluding steroid dienone is 2. The summed E-state index contributed by atoms with van der Waals surface area (Å²) in [6, 6.07) is 10.4. The Hall–Kier alpha value is -1.83. The second-order valence-electron chi connectivity index (χ2n) is 6.76. The zero-order valence-corrected chi connectivity index (χ0v) is 15.7. The minimum absolute atomic E-state index is 0.588. The molecule has 138 valence electrons. The molecule has 0 amide bonds. The largest absolute Gasteiger partial charge is 0.478 e. The van der Waals surface area contributed by atoms with E-state index in [1.165, 1.54) is 56.6 Å². The lowest BCUT2D eigenvalue weighted by Crippen LogP contribution is -1.97. The van der Waals surface area contributed by atoms with Crippen LogP contribution >= 0.6 is 0 Å². The molecular formula is C23H34O2. The Balaban J connectivity index is 2.40. The van der Waals surface area contributed by atoms with Crippen molar-refractivity contribution >= 4 is 12.0 Å². The third kappa shape index (κ3) is 12.2. The van der Waals surface area contributed by atoms with E-state index in [0.717, 1.165) is 19.3 Å². The second kappa shape index (κ2) is 14.5. The Bertz CT molecular complexity index is 502. The number of carboxylic acids is 1. The Labute approximate surface area is 153 Å². The fraction of sp³-hybridized carbons (Fsp3) is 0.522. The van der Waals surface area contributed by atoms with Crippen LogP contribution in [0.3, 0.4) is 0 Å². The van der Waals surface area contributed by atoms with Gasteiger partial charge in [-0.15, -0.1) is 0 Å². The van der Waals surface area contributed by atoms with E-state index in [9.17, 15) is 4.79 Å². The first kappa shape index (κ1) is 21.2. The molecule has 0 bridgehead atoms. The third-order valence-electron chi connectivity index (χ3n) is 4.50. The molecule has 0 heterocycles. The van der Waals surface area contributed by atoms with Crippen molar-refractivity contribution in [2.45, 2.75) is 71.1 Å². The molecule has 0 radical (unpaired) electrons. The van der Waals surface area contributed by atoms with Gasteiger partial charge in [0.05, 0.1) is 0 Å². The molecule has 2 nitrogen and oxygen atoms in total. The molecule has 0 aliphatic rings. The molecule has 25 heavy (non-hydrogen) atoms. The van der Waals surface area contributed by atoms with Crippen LogP contribution in [-0.4, -0.2) is 11.1 Å². The smallest absolute Gasteiger partial charge is 0.327 e. The highest BCUT2D eigenvalue weighted by Crippen LogP contribution is 2.20. The first-order valence-corrected chi connectivity index (χ1v) is 9.85. The van der Waals surface area contributed by atoms with Crippen molar-refractivity contribution in [1.29, 1.82) is 0 Å². The number of carbonyl (C=O) groups is 1. The molecule has 0 aromatic heterocycles. The highest BCUT2D eigenvalue weighted by Gasteiger charge is 2.05. The maximum Gasteiger partial charge on any atom is 0.327 e. The van der Waals surface area contributed by atoms with Gasteiger partial charge in [0.25, 0.3) is 0 Å². The van der Waals surface area contributed by atoms with Crippen LogP contribution in [0.25, 0.3) is 6.08 Å². The lowest BCUT2D eigenvalue weighted by atomic mass is 9.93. The van der Waals surface area contributed by atoms with Gasteiger partial charge in [-0.05, 0) is 37.2 Å². The van der Waals surface area contributed by atoms with Crippen LogP contribution in [0, 0.1) is 5.92 Å². The van der Waals surface area contributed by atoms with E-state index in [2.05, 4.69) is 43.3 Å². The normalized spacial score (nSPS) is 12.8. The van der Waals surface area contributed by atoms with Gasteiger partial charge in [-0.1, -0.05) is 94.0 Å². The molecule has 0 spiro atoms. The van der Waals surface area contributed by atoms with E-state index in [1.54, 1.807) is 6.08 Å². The summed E-state index contributed by atoms with van der Waals surface area (Å²) in [5.74, 6) is -0.266. The monoisotopic (exact) mass is 342 g/mol. The number of carboxylic acid groups (broad SMARTS) is 1. The maximum absolute atomic E-state index is 10.5. The van der Waals surface area contributed by atoms with Gasteiger partial charge in [-0.2, -0.15) is 0 Å².